The molecule has 0 radical (unpaired) electrons. The molecule has 1 aromatic rings. The highest BCUT2D eigenvalue weighted by atomic mass is 32.2. The van der Waals surface area contributed by atoms with Crippen LogP contribution in [-0.4, -0.2) is 44.1 Å². The van der Waals surface area contributed by atoms with Gasteiger partial charge in [0.1, 0.15) is 4.21 Å². The lowest BCUT2D eigenvalue weighted by molar-refractivity contribution is 0.260. The second-order valence-electron chi connectivity index (χ2n) is 4.79. The first kappa shape index (κ1) is 14.9. The van der Waals surface area contributed by atoms with Crippen molar-refractivity contribution in [3.8, 4) is 0 Å². The quantitative estimate of drug-likeness (QED) is 0.808. The SMILES string of the molecule is NCCc1ccc(S(=O)(=O)N2CCC(CCO)C2)s1. The summed E-state index contributed by atoms with van der Waals surface area (Å²) < 4.78 is 26.8. The molecule has 1 aromatic heterocycles. The molecule has 0 spiro atoms. The van der Waals surface area contributed by atoms with Crippen LogP contribution in [0.5, 0.6) is 0 Å². The number of sulfonamides is 1. The van der Waals surface area contributed by atoms with Gasteiger partial charge in [-0.25, -0.2) is 8.42 Å². The highest BCUT2D eigenvalue weighted by molar-refractivity contribution is 7.91. The largest absolute Gasteiger partial charge is 0.396 e. The maximum absolute atomic E-state index is 12.4. The number of nitrogens with two attached hydrogens (primary N) is 1. The van der Waals surface area contributed by atoms with Gasteiger partial charge in [-0.15, -0.1) is 11.3 Å². The molecular weight excluding hydrogens is 284 g/mol. The van der Waals surface area contributed by atoms with E-state index in [1.807, 2.05) is 6.07 Å². The number of hydrogen-bond donors (Lipinski definition) is 2. The van der Waals surface area contributed by atoms with Crippen LogP contribution in [0.2, 0.25) is 0 Å². The van der Waals surface area contributed by atoms with E-state index in [0.717, 1.165) is 11.3 Å². The number of thiophene rings is 1. The van der Waals surface area contributed by atoms with Crippen LogP contribution in [0.15, 0.2) is 16.3 Å². The molecule has 3 N–H and O–H groups in total. The van der Waals surface area contributed by atoms with Gasteiger partial charge in [0.05, 0.1) is 0 Å². The fraction of sp³-hybridized carbons (Fsp3) is 0.667. The van der Waals surface area contributed by atoms with Gasteiger partial charge >= 0.3 is 0 Å². The summed E-state index contributed by atoms with van der Waals surface area (Å²) in [6, 6.07) is 3.51. The first-order chi connectivity index (χ1) is 9.07. The van der Waals surface area contributed by atoms with Gasteiger partial charge in [0.25, 0.3) is 10.0 Å². The second kappa shape index (κ2) is 6.32. The molecule has 19 heavy (non-hydrogen) atoms. The van der Waals surface area contributed by atoms with Gasteiger partial charge in [-0.2, -0.15) is 4.31 Å². The molecule has 2 heterocycles. The molecule has 108 valence electrons. The van der Waals surface area contributed by atoms with Crippen LogP contribution in [0, 0.1) is 5.92 Å². The number of hydrogen-bond acceptors (Lipinski definition) is 5. The molecule has 7 heteroatoms. The van der Waals surface area contributed by atoms with Crippen molar-refractivity contribution in [1.29, 1.82) is 0 Å². The smallest absolute Gasteiger partial charge is 0.252 e. The van der Waals surface area contributed by atoms with E-state index in [0.29, 0.717) is 36.7 Å². The topological polar surface area (TPSA) is 83.6 Å². The Morgan fingerprint density at radius 1 is 1.47 bits per heavy atom. The fourth-order valence-corrected chi connectivity index (χ4v) is 5.39. The number of aliphatic hydroxyl groups excluding tert-OH is 1. The zero-order valence-electron chi connectivity index (χ0n) is 10.8. The van der Waals surface area contributed by atoms with Gasteiger partial charge in [-0.3, -0.25) is 0 Å². The Kier molecular flexibility index (Phi) is 4.97. The van der Waals surface area contributed by atoms with Crippen LogP contribution in [0.1, 0.15) is 17.7 Å². The molecule has 1 fully saturated rings. The van der Waals surface area contributed by atoms with E-state index in [4.69, 9.17) is 10.8 Å². The standard InChI is InChI=1S/C12H20N2O3S2/c13-6-3-11-1-2-12(18-11)19(16,17)14-7-4-10(9-14)5-8-15/h1-2,10,15H,3-9,13H2. The monoisotopic (exact) mass is 304 g/mol. The molecule has 1 aliphatic rings. The van der Waals surface area contributed by atoms with Crippen molar-refractivity contribution in [2.45, 2.75) is 23.5 Å². The number of nitrogens with zero attached hydrogens (tertiary/aromatic N) is 1. The second-order valence-corrected chi connectivity index (χ2v) is 8.12. The van der Waals surface area contributed by atoms with Crippen LogP contribution >= 0.6 is 11.3 Å². The third-order valence-corrected chi connectivity index (χ3v) is 6.89. The maximum Gasteiger partial charge on any atom is 0.252 e. The van der Waals surface area contributed by atoms with Crippen molar-refractivity contribution in [3.63, 3.8) is 0 Å². The van der Waals surface area contributed by atoms with E-state index in [1.54, 1.807) is 6.07 Å². The van der Waals surface area contributed by atoms with Gasteiger partial charge in [0, 0.05) is 24.6 Å². The first-order valence-electron chi connectivity index (χ1n) is 6.47. The minimum absolute atomic E-state index is 0.123. The van der Waals surface area contributed by atoms with Crippen LogP contribution in [0.25, 0.3) is 0 Å². The van der Waals surface area contributed by atoms with Crippen LogP contribution < -0.4 is 5.73 Å². The maximum atomic E-state index is 12.4. The Morgan fingerprint density at radius 2 is 2.26 bits per heavy atom. The predicted octanol–water partition coefficient (Wildman–Crippen LogP) is 0.642. The molecule has 0 aromatic carbocycles. The summed E-state index contributed by atoms with van der Waals surface area (Å²) in [6.45, 7) is 1.73. The normalized spacial score (nSPS) is 21.1. The Balaban J connectivity index is 2.09. The van der Waals surface area contributed by atoms with Crippen molar-refractivity contribution >= 4 is 21.4 Å². The Labute approximate surface area is 118 Å². The predicted molar refractivity (Wildman–Crippen MR) is 75.6 cm³/mol. The highest BCUT2D eigenvalue weighted by Gasteiger charge is 2.33. The van der Waals surface area contributed by atoms with Crippen molar-refractivity contribution in [3.05, 3.63) is 17.0 Å². The van der Waals surface area contributed by atoms with Gasteiger partial charge in [0.2, 0.25) is 0 Å². The molecule has 5 nitrogen and oxygen atoms in total. The van der Waals surface area contributed by atoms with Gasteiger partial charge in [0.15, 0.2) is 0 Å². The Bertz CT molecular complexity index is 513. The van der Waals surface area contributed by atoms with Crippen molar-refractivity contribution in [2.24, 2.45) is 11.7 Å². The molecule has 0 saturated carbocycles. The molecule has 0 bridgehead atoms. The number of rotatable bonds is 6. The summed E-state index contributed by atoms with van der Waals surface area (Å²) in [6.07, 6.45) is 2.23. The minimum Gasteiger partial charge on any atom is -0.396 e. The highest BCUT2D eigenvalue weighted by Crippen LogP contribution is 2.29. The van der Waals surface area contributed by atoms with E-state index in [9.17, 15) is 8.42 Å². The first-order valence-corrected chi connectivity index (χ1v) is 8.73. The van der Waals surface area contributed by atoms with E-state index < -0.39 is 10.0 Å². The fourth-order valence-electron chi connectivity index (χ4n) is 2.33. The summed E-state index contributed by atoms with van der Waals surface area (Å²) in [5.41, 5.74) is 5.48. The zero-order chi connectivity index (χ0) is 13.9. The van der Waals surface area contributed by atoms with E-state index >= 15 is 0 Å². The molecule has 1 atom stereocenters. The molecule has 1 aliphatic heterocycles. The summed E-state index contributed by atoms with van der Waals surface area (Å²) in [4.78, 5) is 1.01. The Morgan fingerprint density at radius 3 is 2.95 bits per heavy atom. The molecule has 0 aliphatic carbocycles. The Hall–Kier alpha value is -0.470. The minimum atomic E-state index is -3.36. The zero-order valence-corrected chi connectivity index (χ0v) is 12.4. The average molecular weight is 304 g/mol. The lowest BCUT2D eigenvalue weighted by Gasteiger charge is -2.15. The van der Waals surface area contributed by atoms with E-state index in [1.165, 1.54) is 15.6 Å². The summed E-state index contributed by atoms with van der Waals surface area (Å²) >= 11 is 1.31. The third-order valence-electron chi connectivity index (χ3n) is 3.41. The molecule has 2 rings (SSSR count). The molecule has 1 unspecified atom stereocenters. The molecule has 0 amide bonds. The van der Waals surface area contributed by atoms with Gasteiger partial charge in [-0.1, -0.05) is 0 Å². The van der Waals surface area contributed by atoms with E-state index in [2.05, 4.69) is 0 Å². The average Bonchev–Trinajstić information content (AvgIpc) is 2.99. The van der Waals surface area contributed by atoms with Crippen LogP contribution in [0.4, 0.5) is 0 Å². The molecule has 1 saturated heterocycles. The van der Waals surface area contributed by atoms with E-state index in [-0.39, 0.29) is 12.5 Å². The summed E-state index contributed by atoms with van der Waals surface area (Å²) in [7, 11) is -3.36. The van der Waals surface area contributed by atoms with Crippen LogP contribution in [0.3, 0.4) is 0 Å². The summed E-state index contributed by atoms with van der Waals surface area (Å²) in [5.74, 6) is 0.281. The van der Waals surface area contributed by atoms with Gasteiger partial charge < -0.3 is 10.8 Å². The van der Waals surface area contributed by atoms with Gasteiger partial charge in [-0.05, 0) is 43.9 Å². The van der Waals surface area contributed by atoms with Crippen molar-refractivity contribution < 1.29 is 13.5 Å². The lowest BCUT2D eigenvalue weighted by Crippen LogP contribution is -2.28. The van der Waals surface area contributed by atoms with Crippen molar-refractivity contribution in [2.75, 3.05) is 26.2 Å². The molecular formula is C12H20N2O3S2. The third kappa shape index (κ3) is 3.35. The van der Waals surface area contributed by atoms with Crippen molar-refractivity contribution in [1.82, 2.24) is 4.31 Å². The lowest BCUT2D eigenvalue weighted by atomic mass is 10.1. The van der Waals surface area contributed by atoms with Crippen LogP contribution in [-0.2, 0) is 16.4 Å². The summed E-state index contributed by atoms with van der Waals surface area (Å²) in [5, 5.41) is 8.92. The number of aliphatic hydroxyl groups is 1.